The average molecular weight is 249 g/mol. The third-order valence-electron chi connectivity index (χ3n) is 2.45. The van der Waals surface area contributed by atoms with Gasteiger partial charge in [-0.1, -0.05) is 26.8 Å². The summed E-state index contributed by atoms with van der Waals surface area (Å²) < 4.78 is 0. The molecule has 0 unspecified atom stereocenters. The van der Waals surface area contributed by atoms with Gasteiger partial charge in [-0.3, -0.25) is 4.79 Å². The summed E-state index contributed by atoms with van der Waals surface area (Å²) in [6.45, 7) is 7.77. The van der Waals surface area contributed by atoms with Crippen molar-refractivity contribution in [2.24, 2.45) is 5.41 Å². The number of carboxylic acids is 1. The van der Waals surface area contributed by atoms with Crippen LogP contribution < -0.4 is 5.32 Å². The number of rotatable bonds is 3. The maximum absolute atomic E-state index is 11.8. The van der Waals surface area contributed by atoms with Crippen LogP contribution >= 0.6 is 0 Å². The highest BCUT2D eigenvalue weighted by atomic mass is 16.4. The summed E-state index contributed by atoms with van der Waals surface area (Å²) in [5.74, 6) is -1.10. The molecule has 4 heteroatoms. The molecule has 0 atom stereocenters. The van der Waals surface area contributed by atoms with E-state index in [1.165, 1.54) is 12.1 Å². The molecule has 1 rings (SSSR count). The van der Waals surface area contributed by atoms with Gasteiger partial charge in [0.15, 0.2) is 0 Å². The van der Waals surface area contributed by atoms with Gasteiger partial charge in [0.05, 0.1) is 5.56 Å². The molecule has 0 aliphatic rings. The van der Waals surface area contributed by atoms with Gasteiger partial charge in [-0.25, -0.2) is 4.79 Å². The Morgan fingerprint density at radius 2 is 1.89 bits per heavy atom. The highest BCUT2D eigenvalue weighted by molar-refractivity contribution is 5.94. The zero-order valence-electron chi connectivity index (χ0n) is 11.2. The molecular formula is C14H19NO3. The van der Waals surface area contributed by atoms with Crippen LogP contribution in [0, 0.1) is 12.3 Å². The Morgan fingerprint density at radius 3 is 2.39 bits per heavy atom. The van der Waals surface area contributed by atoms with Crippen molar-refractivity contribution in [2.45, 2.75) is 34.1 Å². The Bertz CT molecular complexity index is 472. The number of hydrogen-bond donors (Lipinski definition) is 2. The SMILES string of the molecule is Cc1ccc(C(=O)O)cc1NC(=O)CC(C)(C)C. The molecule has 0 heterocycles. The van der Waals surface area contributed by atoms with Crippen molar-refractivity contribution in [1.82, 2.24) is 0 Å². The number of carbonyl (C=O) groups is 2. The molecule has 0 aliphatic heterocycles. The van der Waals surface area contributed by atoms with E-state index >= 15 is 0 Å². The van der Waals surface area contributed by atoms with Gasteiger partial charge in [0.1, 0.15) is 0 Å². The molecule has 1 aromatic rings. The number of nitrogens with one attached hydrogen (secondary N) is 1. The Morgan fingerprint density at radius 1 is 1.28 bits per heavy atom. The van der Waals surface area contributed by atoms with Crippen molar-refractivity contribution >= 4 is 17.6 Å². The molecule has 2 N–H and O–H groups in total. The average Bonchev–Trinajstić information content (AvgIpc) is 2.18. The Hall–Kier alpha value is -1.84. The van der Waals surface area contributed by atoms with Gasteiger partial charge in [-0.2, -0.15) is 0 Å². The third kappa shape index (κ3) is 4.20. The second-order valence-corrected chi connectivity index (χ2v) is 5.62. The monoisotopic (exact) mass is 249 g/mol. The number of amides is 1. The van der Waals surface area contributed by atoms with Crippen LogP contribution in [0.2, 0.25) is 0 Å². The van der Waals surface area contributed by atoms with Gasteiger partial charge in [0, 0.05) is 12.1 Å². The molecular weight excluding hydrogens is 230 g/mol. The first-order chi connectivity index (χ1) is 8.19. The Labute approximate surface area is 107 Å². The van der Waals surface area contributed by atoms with Crippen LogP contribution in [-0.4, -0.2) is 17.0 Å². The van der Waals surface area contributed by atoms with Crippen molar-refractivity contribution in [3.63, 3.8) is 0 Å². The summed E-state index contributed by atoms with van der Waals surface area (Å²) in [5, 5.41) is 11.7. The van der Waals surface area contributed by atoms with Crippen LogP contribution in [-0.2, 0) is 4.79 Å². The van der Waals surface area contributed by atoms with Gasteiger partial charge in [0.25, 0.3) is 0 Å². The quantitative estimate of drug-likeness (QED) is 0.865. The minimum Gasteiger partial charge on any atom is -0.478 e. The fourth-order valence-corrected chi connectivity index (χ4v) is 1.57. The van der Waals surface area contributed by atoms with Crippen LogP contribution in [0.15, 0.2) is 18.2 Å². The van der Waals surface area contributed by atoms with Gasteiger partial charge in [0.2, 0.25) is 5.91 Å². The number of carboxylic acid groups (broad SMARTS) is 1. The lowest BCUT2D eigenvalue weighted by Gasteiger charge is -2.18. The summed E-state index contributed by atoms with van der Waals surface area (Å²) in [6, 6.07) is 4.70. The van der Waals surface area contributed by atoms with Gasteiger partial charge in [-0.15, -0.1) is 0 Å². The minimum absolute atomic E-state index is 0.0948. The van der Waals surface area contributed by atoms with Gasteiger partial charge >= 0.3 is 5.97 Å². The maximum Gasteiger partial charge on any atom is 0.335 e. The van der Waals surface area contributed by atoms with Crippen LogP contribution in [0.1, 0.15) is 43.1 Å². The summed E-state index contributed by atoms with van der Waals surface area (Å²) in [5.41, 5.74) is 1.49. The lowest BCUT2D eigenvalue weighted by Crippen LogP contribution is -2.20. The molecule has 0 radical (unpaired) electrons. The highest BCUT2D eigenvalue weighted by Gasteiger charge is 2.17. The second kappa shape index (κ2) is 5.21. The molecule has 0 aromatic heterocycles. The van der Waals surface area contributed by atoms with Crippen LogP contribution in [0.5, 0.6) is 0 Å². The van der Waals surface area contributed by atoms with E-state index in [1.807, 2.05) is 27.7 Å². The molecule has 1 aromatic carbocycles. The standard InChI is InChI=1S/C14H19NO3/c1-9-5-6-10(13(17)18)7-11(9)15-12(16)8-14(2,3)4/h5-7H,8H2,1-4H3,(H,15,16)(H,17,18). The lowest BCUT2D eigenvalue weighted by atomic mass is 9.92. The second-order valence-electron chi connectivity index (χ2n) is 5.62. The fourth-order valence-electron chi connectivity index (χ4n) is 1.57. The van der Waals surface area contributed by atoms with E-state index in [-0.39, 0.29) is 16.9 Å². The van der Waals surface area contributed by atoms with Crippen molar-refractivity contribution in [3.8, 4) is 0 Å². The minimum atomic E-state index is -0.999. The smallest absolute Gasteiger partial charge is 0.335 e. The third-order valence-corrected chi connectivity index (χ3v) is 2.45. The van der Waals surface area contributed by atoms with Crippen LogP contribution in [0.3, 0.4) is 0 Å². The van der Waals surface area contributed by atoms with Crippen molar-refractivity contribution in [1.29, 1.82) is 0 Å². The van der Waals surface area contributed by atoms with E-state index in [1.54, 1.807) is 6.07 Å². The van der Waals surface area contributed by atoms with Crippen molar-refractivity contribution in [2.75, 3.05) is 5.32 Å². The predicted molar refractivity (Wildman–Crippen MR) is 70.8 cm³/mol. The Balaban J connectivity index is 2.87. The number of benzene rings is 1. The summed E-state index contributed by atoms with van der Waals surface area (Å²) in [6.07, 6.45) is 0.393. The van der Waals surface area contributed by atoms with Gasteiger partial charge < -0.3 is 10.4 Å². The van der Waals surface area contributed by atoms with Gasteiger partial charge in [-0.05, 0) is 30.0 Å². The fraction of sp³-hybridized carbons (Fsp3) is 0.429. The Kier molecular flexibility index (Phi) is 4.11. The first-order valence-electron chi connectivity index (χ1n) is 5.83. The highest BCUT2D eigenvalue weighted by Crippen LogP contribution is 2.21. The zero-order chi connectivity index (χ0) is 13.9. The molecule has 0 saturated heterocycles. The first-order valence-corrected chi connectivity index (χ1v) is 5.83. The molecule has 18 heavy (non-hydrogen) atoms. The topological polar surface area (TPSA) is 66.4 Å². The van der Waals surface area contributed by atoms with E-state index in [0.29, 0.717) is 12.1 Å². The number of aryl methyl sites for hydroxylation is 1. The summed E-state index contributed by atoms with van der Waals surface area (Å²) >= 11 is 0. The molecule has 0 bridgehead atoms. The largest absolute Gasteiger partial charge is 0.478 e. The van der Waals surface area contributed by atoms with Crippen LogP contribution in [0.4, 0.5) is 5.69 Å². The lowest BCUT2D eigenvalue weighted by molar-refractivity contribution is -0.117. The maximum atomic E-state index is 11.8. The van der Waals surface area contributed by atoms with E-state index in [2.05, 4.69) is 5.32 Å². The van der Waals surface area contributed by atoms with E-state index in [9.17, 15) is 9.59 Å². The van der Waals surface area contributed by atoms with Crippen molar-refractivity contribution in [3.05, 3.63) is 29.3 Å². The van der Waals surface area contributed by atoms with E-state index in [4.69, 9.17) is 5.11 Å². The van der Waals surface area contributed by atoms with E-state index in [0.717, 1.165) is 5.56 Å². The molecule has 0 spiro atoms. The summed E-state index contributed by atoms with van der Waals surface area (Å²) in [7, 11) is 0. The normalized spacial score (nSPS) is 11.1. The number of hydrogen-bond acceptors (Lipinski definition) is 2. The van der Waals surface area contributed by atoms with E-state index < -0.39 is 5.97 Å². The molecule has 98 valence electrons. The number of carbonyl (C=O) groups excluding carboxylic acids is 1. The number of anilines is 1. The van der Waals surface area contributed by atoms with Crippen molar-refractivity contribution < 1.29 is 14.7 Å². The zero-order valence-corrected chi connectivity index (χ0v) is 11.2. The summed E-state index contributed by atoms with van der Waals surface area (Å²) in [4.78, 5) is 22.7. The number of aromatic carboxylic acids is 1. The molecule has 0 fully saturated rings. The first kappa shape index (κ1) is 14.2. The molecule has 0 saturated carbocycles. The van der Waals surface area contributed by atoms with Crippen LogP contribution in [0.25, 0.3) is 0 Å². The predicted octanol–water partition coefficient (Wildman–Crippen LogP) is 3.07. The molecule has 1 amide bonds. The molecule has 4 nitrogen and oxygen atoms in total. The molecule has 0 aliphatic carbocycles.